The van der Waals surface area contributed by atoms with Crippen LogP contribution in [0.5, 0.6) is 0 Å². The Balaban J connectivity index is 1.77. The van der Waals surface area contributed by atoms with Crippen molar-refractivity contribution in [2.75, 3.05) is 39.3 Å². The van der Waals surface area contributed by atoms with Crippen molar-refractivity contribution in [1.29, 1.82) is 0 Å². The summed E-state index contributed by atoms with van der Waals surface area (Å²) in [5.41, 5.74) is 5.46. The second-order valence-electron chi connectivity index (χ2n) is 7.28. The fourth-order valence-electron chi connectivity index (χ4n) is 2.48. The van der Waals surface area contributed by atoms with Gasteiger partial charge in [-0.05, 0) is 32.9 Å². The van der Waals surface area contributed by atoms with Crippen LogP contribution in [0, 0.1) is 0 Å². The van der Waals surface area contributed by atoms with Gasteiger partial charge in [-0.1, -0.05) is 0 Å². The standard InChI is InChI=1S/C17H28N6O4S/c1-17(2,3)27-16(24)23-11-9-22(10-12-23)15(18)20-7-8-21-28(25,26)14-5-4-6-19-13-14/h4-6,13,21H,7-12H2,1-3H3,(H2,18,20). The first-order chi connectivity index (χ1) is 13.1. The molecular formula is C17H28N6O4S. The molecule has 3 N–H and O–H groups in total. The minimum absolute atomic E-state index is 0.102. The molecule has 0 atom stereocenters. The van der Waals surface area contributed by atoms with Crippen LogP contribution in [0.1, 0.15) is 20.8 Å². The molecule has 1 aliphatic rings. The monoisotopic (exact) mass is 412 g/mol. The lowest BCUT2D eigenvalue weighted by Gasteiger charge is -2.36. The molecule has 0 aliphatic carbocycles. The highest BCUT2D eigenvalue weighted by atomic mass is 32.2. The van der Waals surface area contributed by atoms with Gasteiger partial charge in [0.25, 0.3) is 0 Å². The van der Waals surface area contributed by atoms with E-state index in [1.54, 1.807) is 11.0 Å². The van der Waals surface area contributed by atoms with Gasteiger partial charge in [-0.15, -0.1) is 0 Å². The number of aromatic nitrogens is 1. The predicted molar refractivity (Wildman–Crippen MR) is 105 cm³/mol. The fraction of sp³-hybridized carbons (Fsp3) is 0.588. The molecule has 1 aromatic heterocycles. The number of amides is 1. The molecule has 28 heavy (non-hydrogen) atoms. The van der Waals surface area contributed by atoms with E-state index in [4.69, 9.17) is 10.5 Å². The third-order valence-electron chi connectivity index (χ3n) is 3.88. The lowest BCUT2D eigenvalue weighted by molar-refractivity contribution is 0.0186. The van der Waals surface area contributed by atoms with Gasteiger partial charge in [0.05, 0.1) is 6.54 Å². The first-order valence-electron chi connectivity index (χ1n) is 9.01. The first kappa shape index (κ1) is 21.9. The largest absolute Gasteiger partial charge is 0.444 e. The van der Waals surface area contributed by atoms with Crippen LogP contribution in [-0.4, -0.2) is 80.1 Å². The van der Waals surface area contributed by atoms with E-state index >= 15 is 0 Å². The number of hydrogen-bond acceptors (Lipinski definition) is 6. The minimum atomic E-state index is -3.61. The smallest absolute Gasteiger partial charge is 0.410 e. The van der Waals surface area contributed by atoms with Crippen LogP contribution in [0.25, 0.3) is 0 Å². The number of ether oxygens (including phenoxy) is 1. The van der Waals surface area contributed by atoms with Gasteiger partial charge < -0.3 is 20.3 Å². The van der Waals surface area contributed by atoms with Gasteiger partial charge in [0.15, 0.2) is 5.96 Å². The van der Waals surface area contributed by atoms with Gasteiger partial charge in [0.1, 0.15) is 10.5 Å². The minimum Gasteiger partial charge on any atom is -0.444 e. The highest BCUT2D eigenvalue weighted by molar-refractivity contribution is 7.89. The maximum absolute atomic E-state index is 12.1. The van der Waals surface area contributed by atoms with Crippen LogP contribution in [0.3, 0.4) is 0 Å². The Hall–Kier alpha value is -2.40. The lowest BCUT2D eigenvalue weighted by atomic mass is 10.2. The summed E-state index contributed by atoms with van der Waals surface area (Å²) in [6.45, 7) is 7.86. The van der Waals surface area contributed by atoms with E-state index in [9.17, 15) is 13.2 Å². The zero-order valence-electron chi connectivity index (χ0n) is 16.5. The number of hydrogen-bond donors (Lipinski definition) is 2. The third kappa shape index (κ3) is 6.64. The van der Waals surface area contributed by atoms with E-state index in [-0.39, 0.29) is 24.1 Å². The highest BCUT2D eigenvalue weighted by Gasteiger charge is 2.26. The summed E-state index contributed by atoms with van der Waals surface area (Å²) in [6, 6.07) is 3.03. The number of guanidine groups is 1. The van der Waals surface area contributed by atoms with Crippen LogP contribution in [0.4, 0.5) is 4.79 Å². The van der Waals surface area contributed by atoms with E-state index in [1.807, 2.05) is 25.7 Å². The zero-order valence-corrected chi connectivity index (χ0v) is 17.3. The fourth-order valence-corrected chi connectivity index (χ4v) is 3.47. The average Bonchev–Trinajstić information content (AvgIpc) is 2.64. The van der Waals surface area contributed by atoms with Crippen LogP contribution < -0.4 is 10.5 Å². The Morgan fingerprint density at radius 1 is 1.29 bits per heavy atom. The number of piperazine rings is 1. The SMILES string of the molecule is CC(C)(C)OC(=O)N1CCN(C(N)=NCCNS(=O)(=O)c2cccnc2)CC1. The molecule has 1 saturated heterocycles. The Kier molecular flexibility index (Phi) is 7.19. The Bertz CT molecular complexity index is 784. The van der Waals surface area contributed by atoms with Crippen molar-refractivity contribution >= 4 is 22.1 Å². The van der Waals surface area contributed by atoms with E-state index in [0.29, 0.717) is 32.1 Å². The maximum Gasteiger partial charge on any atom is 0.410 e. The number of nitrogens with one attached hydrogen (secondary N) is 1. The van der Waals surface area contributed by atoms with E-state index < -0.39 is 15.6 Å². The van der Waals surface area contributed by atoms with E-state index in [2.05, 4.69) is 14.7 Å². The zero-order chi connectivity index (χ0) is 20.8. The second-order valence-corrected chi connectivity index (χ2v) is 9.05. The summed E-state index contributed by atoms with van der Waals surface area (Å²) >= 11 is 0. The number of carbonyl (C=O) groups excluding carboxylic acids is 1. The van der Waals surface area contributed by atoms with Crippen molar-refractivity contribution in [3.8, 4) is 0 Å². The van der Waals surface area contributed by atoms with E-state index in [0.717, 1.165) is 0 Å². The van der Waals surface area contributed by atoms with Crippen molar-refractivity contribution in [2.45, 2.75) is 31.3 Å². The Morgan fingerprint density at radius 3 is 2.50 bits per heavy atom. The molecule has 0 saturated carbocycles. The number of sulfonamides is 1. The lowest BCUT2D eigenvalue weighted by Crippen LogP contribution is -2.53. The molecule has 0 spiro atoms. The van der Waals surface area contributed by atoms with E-state index in [1.165, 1.54) is 18.5 Å². The molecule has 0 bridgehead atoms. The summed E-state index contributed by atoms with van der Waals surface area (Å²) in [6.07, 6.45) is 2.45. The molecule has 1 fully saturated rings. The summed E-state index contributed by atoms with van der Waals surface area (Å²) in [5, 5.41) is 0. The predicted octanol–water partition coefficient (Wildman–Crippen LogP) is 0.227. The van der Waals surface area contributed by atoms with Gasteiger partial charge in [-0.2, -0.15) is 0 Å². The van der Waals surface area contributed by atoms with Crippen molar-refractivity contribution in [3.63, 3.8) is 0 Å². The molecule has 1 aromatic rings. The van der Waals surface area contributed by atoms with Crippen LogP contribution in [0.2, 0.25) is 0 Å². The molecular weight excluding hydrogens is 384 g/mol. The van der Waals surface area contributed by atoms with Gasteiger partial charge in [0.2, 0.25) is 10.0 Å². The molecule has 156 valence electrons. The summed E-state index contributed by atoms with van der Waals surface area (Å²) in [7, 11) is -3.61. The summed E-state index contributed by atoms with van der Waals surface area (Å²) in [5.74, 6) is 0.324. The molecule has 1 aliphatic heterocycles. The molecule has 11 heteroatoms. The summed E-state index contributed by atoms with van der Waals surface area (Å²) in [4.78, 5) is 23.7. The molecule has 2 heterocycles. The molecule has 0 radical (unpaired) electrons. The third-order valence-corrected chi connectivity index (χ3v) is 5.32. The first-order valence-corrected chi connectivity index (χ1v) is 10.5. The second kappa shape index (κ2) is 9.20. The van der Waals surface area contributed by atoms with Crippen molar-refractivity contribution < 1.29 is 17.9 Å². The Labute approximate surface area is 165 Å². The molecule has 0 unspecified atom stereocenters. The van der Waals surface area contributed by atoms with Crippen molar-refractivity contribution in [3.05, 3.63) is 24.5 Å². The van der Waals surface area contributed by atoms with Gasteiger partial charge in [-0.25, -0.2) is 17.9 Å². The number of pyridine rings is 1. The van der Waals surface area contributed by atoms with Gasteiger partial charge >= 0.3 is 6.09 Å². The number of rotatable bonds is 5. The molecule has 2 rings (SSSR count). The molecule has 1 amide bonds. The van der Waals surface area contributed by atoms with Crippen molar-refractivity contribution in [2.24, 2.45) is 10.7 Å². The number of aliphatic imine (C=N–C) groups is 1. The number of carbonyl (C=O) groups is 1. The van der Waals surface area contributed by atoms with Gasteiger partial charge in [-0.3, -0.25) is 9.98 Å². The van der Waals surface area contributed by atoms with Crippen molar-refractivity contribution in [1.82, 2.24) is 19.5 Å². The molecule has 10 nitrogen and oxygen atoms in total. The van der Waals surface area contributed by atoms with Gasteiger partial charge in [0, 0.05) is 45.1 Å². The summed E-state index contributed by atoms with van der Waals surface area (Å²) < 4.78 is 32.0. The van der Waals surface area contributed by atoms with Crippen LogP contribution in [0.15, 0.2) is 34.4 Å². The maximum atomic E-state index is 12.1. The average molecular weight is 413 g/mol. The molecule has 0 aromatic carbocycles. The Morgan fingerprint density at radius 2 is 1.93 bits per heavy atom. The normalized spacial score (nSPS) is 16.2. The van der Waals surface area contributed by atoms with Crippen LogP contribution in [-0.2, 0) is 14.8 Å². The number of nitrogens with zero attached hydrogens (tertiary/aromatic N) is 4. The highest BCUT2D eigenvalue weighted by Crippen LogP contribution is 2.11. The topological polar surface area (TPSA) is 130 Å². The quantitative estimate of drug-likeness (QED) is 0.402. The number of nitrogens with two attached hydrogens (primary N) is 1. The van der Waals surface area contributed by atoms with Crippen LogP contribution >= 0.6 is 0 Å².